The molecule has 0 unspecified atom stereocenters. The van der Waals surface area contributed by atoms with Gasteiger partial charge < -0.3 is 0 Å². The van der Waals surface area contributed by atoms with Crippen molar-refractivity contribution in [3.8, 4) is 0 Å². The zero-order chi connectivity index (χ0) is 22.4. The Morgan fingerprint density at radius 3 is 2.03 bits per heavy atom. The van der Waals surface area contributed by atoms with Crippen molar-refractivity contribution < 1.29 is 25.9 Å². The molecule has 0 bridgehead atoms. The first-order valence-corrected chi connectivity index (χ1v) is 11.8. The van der Waals surface area contributed by atoms with Crippen LogP contribution in [0.4, 0.5) is 0 Å². The molecular formula is C22H22O6S2. The molecule has 0 radical (unpaired) electrons. The van der Waals surface area contributed by atoms with Gasteiger partial charge >= 0.3 is 0 Å². The molecule has 3 aromatic carbocycles. The van der Waals surface area contributed by atoms with E-state index < -0.39 is 20.2 Å². The van der Waals surface area contributed by atoms with Crippen LogP contribution in [0.25, 0.3) is 16.8 Å². The van der Waals surface area contributed by atoms with E-state index in [1.807, 2.05) is 37.3 Å². The number of hydrogen-bond acceptors (Lipinski definition) is 4. The second kappa shape index (κ2) is 9.82. The first kappa shape index (κ1) is 23.5. The van der Waals surface area contributed by atoms with Gasteiger partial charge in [0.1, 0.15) is 0 Å². The van der Waals surface area contributed by atoms with Gasteiger partial charge in [-0.1, -0.05) is 60.7 Å². The summed E-state index contributed by atoms with van der Waals surface area (Å²) in [5.41, 5.74) is 2.53. The minimum Gasteiger partial charge on any atom is -0.282 e. The monoisotopic (exact) mass is 446 g/mol. The predicted octanol–water partition coefficient (Wildman–Crippen LogP) is 4.73. The average molecular weight is 447 g/mol. The van der Waals surface area contributed by atoms with E-state index in [2.05, 4.69) is 6.58 Å². The number of fused-ring (bicyclic) bond motifs is 3. The fourth-order valence-electron chi connectivity index (χ4n) is 2.71. The fraction of sp³-hybridized carbons (Fsp3) is 0.0909. The molecule has 2 N–H and O–H groups in total. The Morgan fingerprint density at radius 1 is 0.900 bits per heavy atom. The highest BCUT2D eigenvalue weighted by molar-refractivity contribution is 7.88. The summed E-state index contributed by atoms with van der Waals surface area (Å²) < 4.78 is 60.1. The molecule has 0 atom stereocenters. The molecule has 158 valence electrons. The van der Waals surface area contributed by atoms with Crippen LogP contribution in [0.1, 0.15) is 23.6 Å². The summed E-state index contributed by atoms with van der Waals surface area (Å²) in [6.07, 6.45) is 3.75. The Morgan fingerprint density at radius 2 is 1.47 bits per heavy atom. The van der Waals surface area contributed by atoms with Gasteiger partial charge in [0.15, 0.2) is 0 Å². The van der Waals surface area contributed by atoms with Crippen molar-refractivity contribution in [3.63, 3.8) is 0 Å². The summed E-state index contributed by atoms with van der Waals surface area (Å²) in [4.78, 5) is 0.0659. The highest BCUT2D eigenvalue weighted by Gasteiger charge is 2.29. The Balaban J connectivity index is 0.000000194. The standard InChI is InChI=1S/C11H8O3S.C8H8O3S.C3H6/c12-15(13,14)11-5-7-3-1-2-4-8(7)9-6-10(9)11;9-12(10,11)7-6-8-4-2-1-3-5-8;1-3-2/h1-5H,6H2,(H,12,13,14);1-7H,(H,9,10,11);3H,1H2,2H3. The van der Waals surface area contributed by atoms with E-state index in [4.69, 9.17) is 9.11 Å². The van der Waals surface area contributed by atoms with Crippen LogP contribution in [0, 0.1) is 0 Å². The van der Waals surface area contributed by atoms with Gasteiger partial charge in [-0.05, 0) is 46.5 Å². The Labute approximate surface area is 176 Å². The molecule has 4 rings (SSSR count). The van der Waals surface area contributed by atoms with Gasteiger partial charge in [0.25, 0.3) is 20.2 Å². The van der Waals surface area contributed by atoms with Crippen LogP contribution >= 0.6 is 0 Å². The van der Waals surface area contributed by atoms with Crippen molar-refractivity contribution in [3.05, 3.63) is 95.4 Å². The lowest BCUT2D eigenvalue weighted by Gasteiger charge is -1.99. The van der Waals surface area contributed by atoms with Crippen LogP contribution in [-0.2, 0) is 26.7 Å². The molecule has 0 spiro atoms. The molecule has 30 heavy (non-hydrogen) atoms. The quantitative estimate of drug-likeness (QED) is 0.348. The van der Waals surface area contributed by atoms with Crippen molar-refractivity contribution in [2.45, 2.75) is 18.2 Å². The molecule has 1 aliphatic carbocycles. The van der Waals surface area contributed by atoms with Gasteiger partial charge in [-0.2, -0.15) is 16.8 Å². The lowest BCUT2D eigenvalue weighted by molar-refractivity contribution is 0.482. The Kier molecular flexibility index (Phi) is 7.69. The maximum Gasteiger partial charge on any atom is 0.294 e. The molecule has 8 heteroatoms. The molecular weight excluding hydrogens is 424 g/mol. The largest absolute Gasteiger partial charge is 0.294 e. The second-order valence-corrected chi connectivity index (χ2v) is 9.03. The minimum atomic E-state index is -4.07. The van der Waals surface area contributed by atoms with Crippen molar-refractivity contribution >= 4 is 37.1 Å². The van der Waals surface area contributed by atoms with E-state index in [1.54, 1.807) is 30.3 Å². The average Bonchev–Trinajstić information content (AvgIpc) is 3.47. The molecule has 3 aromatic rings. The lowest BCUT2D eigenvalue weighted by Crippen LogP contribution is -1.97. The summed E-state index contributed by atoms with van der Waals surface area (Å²) in [5, 5.41) is 2.70. The number of allylic oxidation sites excluding steroid dienone is 1. The predicted molar refractivity (Wildman–Crippen MR) is 119 cm³/mol. The van der Waals surface area contributed by atoms with Crippen molar-refractivity contribution in [1.82, 2.24) is 0 Å². The molecule has 0 heterocycles. The van der Waals surface area contributed by atoms with E-state index in [0.717, 1.165) is 32.9 Å². The highest BCUT2D eigenvalue weighted by atomic mass is 32.2. The van der Waals surface area contributed by atoms with Gasteiger partial charge in [0.2, 0.25) is 0 Å². The maximum atomic E-state index is 11.1. The summed E-state index contributed by atoms with van der Waals surface area (Å²) in [5.74, 6) is 0. The first-order chi connectivity index (χ1) is 14.1. The number of hydrogen-bond donors (Lipinski definition) is 2. The zero-order valence-electron chi connectivity index (χ0n) is 16.3. The molecule has 0 aromatic heterocycles. The summed E-state index contributed by atoms with van der Waals surface area (Å²) >= 11 is 0. The Hall–Kier alpha value is -2.78. The highest BCUT2D eigenvalue weighted by Crippen LogP contribution is 2.40. The second-order valence-electron chi connectivity index (χ2n) is 6.34. The Bertz CT molecular complexity index is 1280. The molecule has 0 saturated carbocycles. The van der Waals surface area contributed by atoms with E-state index in [0.29, 0.717) is 6.42 Å². The van der Waals surface area contributed by atoms with E-state index in [9.17, 15) is 16.8 Å². The summed E-state index contributed by atoms with van der Waals surface area (Å²) in [6.45, 7) is 5.25. The van der Waals surface area contributed by atoms with Crippen LogP contribution in [-0.4, -0.2) is 25.9 Å². The van der Waals surface area contributed by atoms with E-state index >= 15 is 0 Å². The van der Waals surface area contributed by atoms with Gasteiger partial charge in [-0.3, -0.25) is 9.11 Å². The van der Waals surface area contributed by atoms with Crippen molar-refractivity contribution in [1.29, 1.82) is 0 Å². The smallest absolute Gasteiger partial charge is 0.282 e. The molecule has 0 aliphatic heterocycles. The van der Waals surface area contributed by atoms with Crippen LogP contribution in [0.15, 0.2) is 83.6 Å². The van der Waals surface area contributed by atoms with E-state index in [1.165, 1.54) is 12.1 Å². The molecule has 1 aliphatic rings. The minimum absolute atomic E-state index is 0.0659. The van der Waals surface area contributed by atoms with Gasteiger partial charge in [0.05, 0.1) is 10.3 Å². The van der Waals surface area contributed by atoms with Crippen LogP contribution in [0.5, 0.6) is 0 Å². The summed E-state index contributed by atoms with van der Waals surface area (Å²) in [7, 11) is -8.08. The number of benzene rings is 3. The fourth-order valence-corrected chi connectivity index (χ4v) is 3.82. The van der Waals surface area contributed by atoms with E-state index in [-0.39, 0.29) is 4.90 Å². The molecule has 0 amide bonds. The van der Waals surface area contributed by atoms with Gasteiger partial charge in [-0.25, -0.2) is 0 Å². The van der Waals surface area contributed by atoms with Gasteiger partial charge in [0, 0.05) is 6.42 Å². The topological polar surface area (TPSA) is 109 Å². The molecule has 6 nitrogen and oxygen atoms in total. The van der Waals surface area contributed by atoms with Crippen molar-refractivity contribution in [2.75, 3.05) is 0 Å². The molecule has 0 saturated heterocycles. The third-order valence-electron chi connectivity index (χ3n) is 3.97. The normalized spacial score (nSPS) is 12.2. The molecule has 0 fully saturated rings. The van der Waals surface area contributed by atoms with Gasteiger partial charge in [-0.15, -0.1) is 6.58 Å². The van der Waals surface area contributed by atoms with Crippen LogP contribution in [0.3, 0.4) is 0 Å². The lowest BCUT2D eigenvalue weighted by atomic mass is 10.1. The third kappa shape index (κ3) is 6.93. The van der Waals surface area contributed by atoms with Crippen LogP contribution < -0.4 is 0 Å². The SMILES string of the molecule is C=CC.O=S(=O)(O)C=Cc1ccccc1.O=S(=O)(O)c1cc2ccccc2c2c1C2. The first-order valence-electron chi connectivity index (χ1n) is 8.85. The number of rotatable bonds is 3. The maximum absolute atomic E-state index is 11.1. The zero-order valence-corrected chi connectivity index (χ0v) is 17.9. The van der Waals surface area contributed by atoms with Crippen molar-refractivity contribution in [2.24, 2.45) is 0 Å². The van der Waals surface area contributed by atoms with Crippen LogP contribution in [0.2, 0.25) is 0 Å². The summed E-state index contributed by atoms with van der Waals surface area (Å²) in [6, 6.07) is 18.0. The third-order valence-corrected chi connectivity index (χ3v) is 5.37.